The number of rotatable bonds is 5. The van der Waals surface area contributed by atoms with Crippen molar-refractivity contribution in [1.82, 2.24) is 20.5 Å². The van der Waals surface area contributed by atoms with Gasteiger partial charge in [0, 0.05) is 38.1 Å². The van der Waals surface area contributed by atoms with Crippen molar-refractivity contribution in [2.75, 3.05) is 26.7 Å². The SMILES string of the molecule is C=CCN1CCC(NC(=NC)NCc2ncc(C(C)(C)C)o2)CC1.I. The quantitative estimate of drug-likeness (QED) is 0.306. The first-order chi connectivity index (χ1) is 11.4. The number of guanidine groups is 1. The monoisotopic (exact) mass is 461 g/mol. The molecule has 1 saturated heterocycles. The minimum atomic E-state index is -0.0232. The number of aromatic nitrogens is 1. The Morgan fingerprint density at radius 3 is 2.64 bits per heavy atom. The lowest BCUT2D eigenvalue weighted by molar-refractivity contribution is 0.225. The van der Waals surface area contributed by atoms with Crippen molar-refractivity contribution in [2.24, 2.45) is 4.99 Å². The minimum absolute atomic E-state index is 0. The summed E-state index contributed by atoms with van der Waals surface area (Å²) in [5.74, 6) is 2.38. The van der Waals surface area contributed by atoms with Gasteiger partial charge in [-0.3, -0.25) is 9.89 Å². The molecule has 1 aliphatic heterocycles. The number of oxazole rings is 1. The first-order valence-corrected chi connectivity index (χ1v) is 8.68. The predicted octanol–water partition coefficient (Wildman–Crippen LogP) is 2.91. The molecule has 0 atom stereocenters. The molecule has 1 aromatic heterocycles. The molecule has 6 nitrogen and oxygen atoms in total. The van der Waals surface area contributed by atoms with Gasteiger partial charge in [-0.15, -0.1) is 30.6 Å². The molecule has 0 amide bonds. The standard InChI is InChI=1S/C18H31N5O.HI/c1-6-9-23-10-7-14(8-11-23)22-17(19-5)21-13-16-20-12-15(24-16)18(2,3)4;/h6,12,14H,1,7-11,13H2,2-5H3,(H2,19,21,22);1H. The second-order valence-electron chi connectivity index (χ2n) is 7.30. The number of nitrogens with zero attached hydrogens (tertiary/aromatic N) is 3. The molecule has 0 spiro atoms. The molecular weight excluding hydrogens is 429 g/mol. The smallest absolute Gasteiger partial charge is 0.213 e. The fourth-order valence-corrected chi connectivity index (χ4v) is 2.73. The maximum atomic E-state index is 5.80. The molecule has 1 aliphatic rings. The van der Waals surface area contributed by atoms with Crippen molar-refractivity contribution in [1.29, 1.82) is 0 Å². The molecule has 0 aromatic carbocycles. The second-order valence-corrected chi connectivity index (χ2v) is 7.30. The Kier molecular flexibility index (Phi) is 8.92. The number of halogens is 1. The summed E-state index contributed by atoms with van der Waals surface area (Å²) in [6.07, 6.45) is 6.00. The number of hydrogen-bond acceptors (Lipinski definition) is 4. The van der Waals surface area contributed by atoms with E-state index in [2.05, 4.69) is 52.9 Å². The fourth-order valence-electron chi connectivity index (χ4n) is 2.73. The van der Waals surface area contributed by atoms with Crippen LogP contribution in [0, 0.1) is 0 Å². The van der Waals surface area contributed by atoms with E-state index in [0.717, 1.165) is 44.2 Å². The summed E-state index contributed by atoms with van der Waals surface area (Å²) in [7, 11) is 1.79. The molecule has 2 rings (SSSR count). The van der Waals surface area contributed by atoms with E-state index in [1.54, 1.807) is 7.05 Å². The molecule has 7 heteroatoms. The van der Waals surface area contributed by atoms with Gasteiger partial charge < -0.3 is 15.1 Å². The van der Waals surface area contributed by atoms with Crippen molar-refractivity contribution >= 4 is 29.9 Å². The third-order valence-corrected chi connectivity index (χ3v) is 4.24. The summed E-state index contributed by atoms with van der Waals surface area (Å²) in [6.45, 7) is 13.8. The summed E-state index contributed by atoms with van der Waals surface area (Å²) < 4.78 is 5.80. The van der Waals surface area contributed by atoms with Crippen molar-refractivity contribution in [3.63, 3.8) is 0 Å². The number of nitrogens with one attached hydrogen (secondary N) is 2. The van der Waals surface area contributed by atoms with E-state index < -0.39 is 0 Å². The second kappa shape index (κ2) is 10.2. The van der Waals surface area contributed by atoms with Gasteiger partial charge in [0.25, 0.3) is 0 Å². The van der Waals surface area contributed by atoms with Crippen LogP contribution in [0.15, 0.2) is 28.3 Å². The Hall–Kier alpha value is -1.09. The Bertz CT molecular complexity index is 556. The predicted molar refractivity (Wildman–Crippen MR) is 114 cm³/mol. The average Bonchev–Trinajstić information content (AvgIpc) is 3.02. The van der Waals surface area contributed by atoms with Gasteiger partial charge in [-0.05, 0) is 12.8 Å². The van der Waals surface area contributed by atoms with Gasteiger partial charge in [-0.1, -0.05) is 26.8 Å². The molecule has 0 aliphatic carbocycles. The largest absolute Gasteiger partial charge is 0.443 e. The first-order valence-electron chi connectivity index (χ1n) is 8.68. The van der Waals surface area contributed by atoms with Gasteiger partial charge in [0.05, 0.1) is 12.7 Å². The molecule has 0 saturated carbocycles. The van der Waals surface area contributed by atoms with Crippen LogP contribution in [0.5, 0.6) is 0 Å². The molecule has 0 unspecified atom stereocenters. The van der Waals surface area contributed by atoms with Crippen LogP contribution in [0.25, 0.3) is 0 Å². The Morgan fingerprint density at radius 2 is 2.12 bits per heavy atom. The van der Waals surface area contributed by atoms with E-state index in [1.807, 2.05) is 12.3 Å². The minimum Gasteiger partial charge on any atom is -0.443 e. The highest BCUT2D eigenvalue weighted by Crippen LogP contribution is 2.22. The fraction of sp³-hybridized carbons (Fsp3) is 0.667. The zero-order chi connectivity index (χ0) is 17.6. The lowest BCUT2D eigenvalue weighted by Gasteiger charge is -2.32. The number of hydrogen-bond donors (Lipinski definition) is 2. The molecular formula is C18H32IN5O. The zero-order valence-corrected chi connectivity index (χ0v) is 18.2. The van der Waals surface area contributed by atoms with E-state index in [-0.39, 0.29) is 29.4 Å². The highest BCUT2D eigenvalue weighted by atomic mass is 127. The summed E-state index contributed by atoms with van der Waals surface area (Å²) in [4.78, 5) is 11.1. The summed E-state index contributed by atoms with van der Waals surface area (Å²) in [5, 5.41) is 6.78. The lowest BCUT2D eigenvalue weighted by Crippen LogP contribution is -2.48. The van der Waals surface area contributed by atoms with Crippen LogP contribution in [0.2, 0.25) is 0 Å². The highest BCUT2D eigenvalue weighted by Gasteiger charge is 2.20. The Balaban J connectivity index is 0.00000312. The van der Waals surface area contributed by atoms with Crippen molar-refractivity contribution in [2.45, 2.75) is 51.6 Å². The van der Waals surface area contributed by atoms with Gasteiger partial charge >= 0.3 is 0 Å². The summed E-state index contributed by atoms with van der Waals surface area (Å²) in [5.41, 5.74) is -0.0232. The van der Waals surface area contributed by atoms with Gasteiger partial charge in [-0.25, -0.2) is 4.98 Å². The number of likely N-dealkylation sites (tertiary alicyclic amines) is 1. The zero-order valence-electron chi connectivity index (χ0n) is 15.8. The maximum Gasteiger partial charge on any atom is 0.213 e. The molecule has 2 N–H and O–H groups in total. The summed E-state index contributed by atoms with van der Waals surface area (Å²) >= 11 is 0. The molecule has 0 radical (unpaired) electrons. The third-order valence-electron chi connectivity index (χ3n) is 4.24. The van der Waals surface area contributed by atoms with E-state index in [1.165, 1.54) is 0 Å². The summed E-state index contributed by atoms with van der Waals surface area (Å²) in [6, 6.07) is 0.451. The van der Waals surface area contributed by atoms with Gasteiger partial charge in [0.1, 0.15) is 5.76 Å². The van der Waals surface area contributed by atoms with Crippen LogP contribution in [-0.4, -0.2) is 48.6 Å². The Morgan fingerprint density at radius 1 is 1.44 bits per heavy atom. The molecule has 1 aromatic rings. The van der Waals surface area contributed by atoms with Crippen molar-refractivity contribution in [3.05, 3.63) is 30.5 Å². The molecule has 142 valence electrons. The maximum absolute atomic E-state index is 5.80. The van der Waals surface area contributed by atoms with Gasteiger partial charge in [0.15, 0.2) is 5.96 Å². The van der Waals surface area contributed by atoms with Gasteiger partial charge in [-0.2, -0.15) is 0 Å². The van der Waals surface area contributed by atoms with Gasteiger partial charge in [0.2, 0.25) is 5.89 Å². The normalized spacial score (nSPS) is 17.0. The highest BCUT2D eigenvalue weighted by molar-refractivity contribution is 14.0. The van der Waals surface area contributed by atoms with Crippen molar-refractivity contribution in [3.8, 4) is 0 Å². The van der Waals surface area contributed by atoms with Crippen molar-refractivity contribution < 1.29 is 4.42 Å². The van der Waals surface area contributed by atoms with Crippen LogP contribution < -0.4 is 10.6 Å². The third kappa shape index (κ3) is 6.97. The van der Waals surface area contributed by atoms with E-state index in [0.29, 0.717) is 18.5 Å². The number of piperidine rings is 1. The van der Waals surface area contributed by atoms with Crippen LogP contribution in [0.3, 0.4) is 0 Å². The van der Waals surface area contributed by atoms with E-state index in [4.69, 9.17) is 4.42 Å². The number of aliphatic imine (C=N–C) groups is 1. The van der Waals surface area contributed by atoms with Crippen LogP contribution in [-0.2, 0) is 12.0 Å². The van der Waals surface area contributed by atoms with E-state index >= 15 is 0 Å². The average molecular weight is 461 g/mol. The lowest BCUT2D eigenvalue weighted by atomic mass is 9.94. The molecule has 0 bridgehead atoms. The molecule has 1 fully saturated rings. The molecule has 2 heterocycles. The molecule has 25 heavy (non-hydrogen) atoms. The van der Waals surface area contributed by atoms with Crippen LogP contribution in [0.1, 0.15) is 45.3 Å². The van der Waals surface area contributed by atoms with Crippen LogP contribution >= 0.6 is 24.0 Å². The first kappa shape index (κ1) is 22.0. The van der Waals surface area contributed by atoms with E-state index in [9.17, 15) is 0 Å². The Labute approximate surface area is 168 Å². The topological polar surface area (TPSA) is 65.7 Å². The van der Waals surface area contributed by atoms with Crippen LogP contribution in [0.4, 0.5) is 0 Å².